The smallest absolute Gasteiger partial charge is 0.289 e. The van der Waals surface area contributed by atoms with Crippen LogP contribution in [0.15, 0.2) is 12.1 Å². The number of rotatable bonds is 5. The number of nitrogens with one attached hydrogen (secondary N) is 1. The van der Waals surface area contributed by atoms with E-state index in [1.807, 2.05) is 20.8 Å². The molecular formula is C14H20N2O5S. The Morgan fingerprint density at radius 1 is 1.23 bits per heavy atom. The van der Waals surface area contributed by atoms with Gasteiger partial charge in [-0.05, 0) is 23.1 Å². The van der Waals surface area contributed by atoms with Crippen LogP contribution in [0.25, 0.3) is 0 Å². The van der Waals surface area contributed by atoms with E-state index in [9.17, 15) is 18.0 Å². The van der Waals surface area contributed by atoms with Crippen molar-refractivity contribution in [3.05, 3.63) is 23.3 Å². The van der Waals surface area contributed by atoms with Crippen molar-refractivity contribution in [2.45, 2.75) is 26.2 Å². The highest BCUT2D eigenvalue weighted by Gasteiger charge is 2.26. The number of primary amides is 1. The van der Waals surface area contributed by atoms with E-state index >= 15 is 0 Å². The zero-order valence-corrected chi connectivity index (χ0v) is 14.0. The molecule has 8 heteroatoms. The highest BCUT2D eigenvalue weighted by atomic mass is 32.2. The minimum Gasteiger partial charge on any atom is -0.494 e. The fourth-order valence-corrected chi connectivity index (χ4v) is 2.41. The van der Waals surface area contributed by atoms with Gasteiger partial charge in [0, 0.05) is 0 Å². The second-order valence-corrected chi connectivity index (χ2v) is 7.67. The highest BCUT2D eigenvalue weighted by Crippen LogP contribution is 2.36. The number of amides is 1. The number of ether oxygens (including phenoxy) is 1. The molecule has 0 aromatic heterocycles. The van der Waals surface area contributed by atoms with Crippen LogP contribution in [0, 0.1) is 0 Å². The van der Waals surface area contributed by atoms with E-state index < -0.39 is 21.7 Å². The summed E-state index contributed by atoms with van der Waals surface area (Å²) in [7, 11) is -2.32. The molecule has 22 heavy (non-hydrogen) atoms. The predicted molar refractivity (Wildman–Crippen MR) is 83.7 cm³/mol. The topological polar surface area (TPSA) is 116 Å². The van der Waals surface area contributed by atoms with Gasteiger partial charge in [-0.2, -0.15) is 0 Å². The Morgan fingerprint density at radius 3 is 2.14 bits per heavy atom. The zero-order valence-electron chi connectivity index (χ0n) is 13.2. The van der Waals surface area contributed by atoms with Crippen molar-refractivity contribution in [1.29, 1.82) is 0 Å². The highest BCUT2D eigenvalue weighted by molar-refractivity contribution is 7.92. The molecular weight excluding hydrogens is 308 g/mol. The number of nitrogens with two attached hydrogens (primary N) is 1. The van der Waals surface area contributed by atoms with Gasteiger partial charge >= 0.3 is 0 Å². The number of carbonyl (C=O) groups excluding carboxylic acids is 2. The SMILES string of the molecule is COc1c(NS(C)(=O)=O)cc(C(C)(C)C)cc1C(=O)C(N)=O. The molecule has 0 unspecified atom stereocenters. The average molecular weight is 328 g/mol. The van der Waals surface area contributed by atoms with Crippen molar-refractivity contribution in [2.75, 3.05) is 18.1 Å². The second-order valence-electron chi connectivity index (χ2n) is 5.92. The average Bonchev–Trinajstić information content (AvgIpc) is 2.33. The molecule has 0 aliphatic rings. The lowest BCUT2D eigenvalue weighted by molar-refractivity contribution is -0.114. The van der Waals surface area contributed by atoms with Crippen LogP contribution in [-0.2, 0) is 20.2 Å². The van der Waals surface area contributed by atoms with Crippen LogP contribution in [0.3, 0.4) is 0 Å². The summed E-state index contributed by atoms with van der Waals surface area (Å²) >= 11 is 0. The minimum absolute atomic E-state index is 0.0396. The molecule has 3 N–H and O–H groups in total. The van der Waals surface area contributed by atoms with E-state index in [-0.39, 0.29) is 22.4 Å². The fraction of sp³-hybridized carbons (Fsp3) is 0.429. The van der Waals surface area contributed by atoms with E-state index in [1.165, 1.54) is 13.2 Å². The van der Waals surface area contributed by atoms with Crippen molar-refractivity contribution in [1.82, 2.24) is 0 Å². The van der Waals surface area contributed by atoms with Crippen LogP contribution in [0.2, 0.25) is 0 Å². The van der Waals surface area contributed by atoms with Crippen LogP contribution < -0.4 is 15.2 Å². The van der Waals surface area contributed by atoms with Crippen molar-refractivity contribution < 1.29 is 22.7 Å². The van der Waals surface area contributed by atoms with Gasteiger partial charge in [-0.15, -0.1) is 0 Å². The number of benzene rings is 1. The van der Waals surface area contributed by atoms with Gasteiger partial charge in [0.1, 0.15) is 0 Å². The Morgan fingerprint density at radius 2 is 1.77 bits per heavy atom. The predicted octanol–water partition coefficient (Wildman–Crippen LogP) is 1.03. The van der Waals surface area contributed by atoms with Gasteiger partial charge in [0.15, 0.2) is 5.75 Å². The summed E-state index contributed by atoms with van der Waals surface area (Å²) in [4.78, 5) is 23.2. The molecule has 0 saturated carbocycles. The van der Waals surface area contributed by atoms with E-state index in [0.717, 1.165) is 6.26 Å². The van der Waals surface area contributed by atoms with Crippen LogP contribution >= 0.6 is 0 Å². The molecule has 1 amide bonds. The molecule has 0 saturated heterocycles. The number of hydrogen-bond donors (Lipinski definition) is 2. The number of methoxy groups -OCH3 is 1. The van der Waals surface area contributed by atoms with Crippen molar-refractivity contribution >= 4 is 27.4 Å². The molecule has 1 rings (SSSR count). The molecule has 0 radical (unpaired) electrons. The Bertz CT molecular complexity index is 717. The lowest BCUT2D eigenvalue weighted by Gasteiger charge is -2.23. The number of anilines is 1. The molecule has 0 aliphatic heterocycles. The van der Waals surface area contributed by atoms with Crippen molar-refractivity contribution in [3.63, 3.8) is 0 Å². The number of hydrogen-bond acceptors (Lipinski definition) is 5. The molecule has 7 nitrogen and oxygen atoms in total. The third-order valence-corrected chi connectivity index (χ3v) is 3.51. The standard InChI is InChI=1S/C14H20N2O5S/c1-14(2,3)8-6-9(11(17)13(15)18)12(21-4)10(7-8)16-22(5,19)20/h6-7,16H,1-5H3,(H2,15,18). The molecule has 0 spiro atoms. The first-order valence-corrected chi connectivity index (χ1v) is 8.30. The lowest BCUT2D eigenvalue weighted by atomic mass is 9.85. The Kier molecular flexibility index (Phi) is 4.86. The molecule has 1 aromatic carbocycles. The molecule has 122 valence electrons. The fourth-order valence-electron chi connectivity index (χ4n) is 1.86. The maximum atomic E-state index is 12.0. The van der Waals surface area contributed by atoms with Gasteiger partial charge in [-0.3, -0.25) is 14.3 Å². The van der Waals surface area contributed by atoms with Gasteiger partial charge < -0.3 is 10.5 Å². The maximum absolute atomic E-state index is 12.0. The van der Waals surface area contributed by atoms with Crippen molar-refractivity contribution in [3.8, 4) is 5.75 Å². The first-order chi connectivity index (χ1) is 9.86. The summed E-state index contributed by atoms with van der Waals surface area (Å²) in [5.41, 5.74) is 5.33. The third-order valence-electron chi connectivity index (χ3n) is 2.92. The zero-order chi connectivity index (χ0) is 17.3. The van der Waals surface area contributed by atoms with Crippen LogP contribution in [-0.4, -0.2) is 33.5 Å². The van der Waals surface area contributed by atoms with Gasteiger partial charge in [0.25, 0.3) is 11.7 Å². The van der Waals surface area contributed by atoms with E-state index in [0.29, 0.717) is 5.56 Å². The summed E-state index contributed by atoms with van der Waals surface area (Å²) < 4.78 is 30.4. The molecule has 0 atom stereocenters. The first-order valence-electron chi connectivity index (χ1n) is 6.41. The van der Waals surface area contributed by atoms with E-state index in [4.69, 9.17) is 10.5 Å². The van der Waals surface area contributed by atoms with E-state index in [1.54, 1.807) is 6.07 Å². The number of carbonyl (C=O) groups is 2. The van der Waals surface area contributed by atoms with Crippen LogP contribution in [0.4, 0.5) is 5.69 Å². The Balaban J connectivity index is 3.71. The first kappa shape index (κ1) is 18.0. The molecule has 0 bridgehead atoms. The normalized spacial score (nSPS) is 11.9. The Labute approximate surface area is 129 Å². The quantitative estimate of drug-likeness (QED) is 0.619. The van der Waals surface area contributed by atoms with Crippen LogP contribution in [0.1, 0.15) is 36.7 Å². The Hall–Kier alpha value is -2.09. The molecule has 1 aromatic rings. The van der Waals surface area contributed by atoms with Crippen molar-refractivity contribution in [2.24, 2.45) is 5.73 Å². The summed E-state index contributed by atoms with van der Waals surface area (Å²) in [5.74, 6) is -2.13. The van der Waals surface area contributed by atoms with Gasteiger partial charge in [0.2, 0.25) is 10.0 Å². The molecule has 0 heterocycles. The summed E-state index contributed by atoms with van der Waals surface area (Å²) in [6, 6.07) is 3.05. The minimum atomic E-state index is -3.59. The number of Topliss-reactive ketones (excluding diaryl/α,β-unsaturated/α-hetero) is 1. The lowest BCUT2D eigenvalue weighted by Crippen LogP contribution is -2.25. The number of sulfonamides is 1. The maximum Gasteiger partial charge on any atom is 0.289 e. The summed E-state index contributed by atoms with van der Waals surface area (Å²) in [6.45, 7) is 5.66. The molecule has 0 fully saturated rings. The largest absolute Gasteiger partial charge is 0.494 e. The summed E-state index contributed by atoms with van der Waals surface area (Å²) in [5, 5.41) is 0. The monoisotopic (exact) mass is 328 g/mol. The van der Waals surface area contributed by atoms with Gasteiger partial charge in [-0.1, -0.05) is 20.8 Å². The molecule has 0 aliphatic carbocycles. The summed E-state index contributed by atoms with van der Waals surface area (Å²) in [6.07, 6.45) is 0.978. The van der Waals surface area contributed by atoms with E-state index in [2.05, 4.69) is 4.72 Å². The van der Waals surface area contributed by atoms with Gasteiger partial charge in [0.05, 0.1) is 24.6 Å². The van der Waals surface area contributed by atoms with Crippen LogP contribution in [0.5, 0.6) is 5.75 Å². The second kappa shape index (κ2) is 5.96. The third kappa shape index (κ3) is 4.20. The number of ketones is 1. The van der Waals surface area contributed by atoms with Gasteiger partial charge in [-0.25, -0.2) is 8.42 Å².